The van der Waals surface area contributed by atoms with Gasteiger partial charge in [0.1, 0.15) is 11.8 Å². The molecule has 0 saturated heterocycles. The maximum atomic E-state index is 11.4. The molecule has 100 valence electrons. The van der Waals surface area contributed by atoms with Gasteiger partial charge in [0.05, 0.1) is 0 Å². The Balaban J connectivity index is 0.00000162. The zero-order valence-electron chi connectivity index (χ0n) is 10.8. The minimum Gasteiger partial charge on any atom is -1.00 e. The number of hydrogen-bond donors (Lipinski definition) is 1. The second kappa shape index (κ2) is 6.07. The van der Waals surface area contributed by atoms with E-state index in [4.69, 9.17) is 4.74 Å². The van der Waals surface area contributed by atoms with E-state index in [9.17, 15) is 4.79 Å². The molecule has 1 aromatic carbocycles. The van der Waals surface area contributed by atoms with Gasteiger partial charge in [-0.15, -0.1) is 0 Å². The Hall–Kier alpha value is -1.26. The highest BCUT2D eigenvalue weighted by Gasteiger charge is 2.20. The quantitative estimate of drug-likeness (QED) is 0.666. The fourth-order valence-electron chi connectivity index (χ4n) is 2.13. The Morgan fingerprint density at radius 1 is 1.44 bits per heavy atom. The highest BCUT2D eigenvalue weighted by atomic mass is 35.5. The van der Waals surface area contributed by atoms with Crippen LogP contribution in [0.15, 0.2) is 18.2 Å². The number of carbonyl (C=O) groups is 1. The van der Waals surface area contributed by atoms with Crippen LogP contribution in [0.3, 0.4) is 0 Å². The smallest absolute Gasteiger partial charge is 0.414 e. The van der Waals surface area contributed by atoms with Gasteiger partial charge in [-0.3, -0.25) is 0 Å². The van der Waals surface area contributed by atoms with E-state index in [2.05, 4.69) is 5.73 Å². The summed E-state index contributed by atoms with van der Waals surface area (Å²) in [4.78, 5) is 12.9. The van der Waals surface area contributed by atoms with E-state index in [0.29, 0.717) is 11.8 Å². The van der Waals surface area contributed by atoms with Gasteiger partial charge >= 0.3 is 6.09 Å². The molecule has 1 aliphatic rings. The topological polar surface area (TPSA) is 57.2 Å². The standard InChI is InChI=1S/C13H18N2O2.ClH/c1-15(2)13(16)17-10-7-6-9-4-3-5-12(14)11(9)8-10;/h6-8,12H,3-5,14H2,1-2H3;1H. The van der Waals surface area contributed by atoms with Crippen molar-refractivity contribution in [2.45, 2.75) is 25.3 Å². The van der Waals surface area contributed by atoms with E-state index >= 15 is 0 Å². The summed E-state index contributed by atoms with van der Waals surface area (Å²) in [6, 6.07) is 6.17. The van der Waals surface area contributed by atoms with Gasteiger partial charge in [-0.25, -0.2) is 4.79 Å². The third-order valence-corrected chi connectivity index (χ3v) is 3.13. The summed E-state index contributed by atoms with van der Waals surface area (Å²) in [6.45, 7) is 0. The molecule has 0 saturated carbocycles. The van der Waals surface area contributed by atoms with Gasteiger partial charge in [0.2, 0.25) is 0 Å². The van der Waals surface area contributed by atoms with Crippen molar-refractivity contribution in [3.8, 4) is 5.75 Å². The summed E-state index contributed by atoms with van der Waals surface area (Å²) >= 11 is 0. The summed E-state index contributed by atoms with van der Waals surface area (Å²) in [5.41, 5.74) is 6.70. The van der Waals surface area contributed by atoms with Gasteiger partial charge < -0.3 is 27.8 Å². The lowest BCUT2D eigenvalue weighted by molar-refractivity contribution is -0.429. The second-order valence-electron chi connectivity index (χ2n) is 4.71. The number of ether oxygens (including phenoxy) is 1. The molecular formula is C13H19ClN2O2. The number of aryl methyl sites for hydroxylation is 1. The Labute approximate surface area is 114 Å². The van der Waals surface area contributed by atoms with Crippen molar-refractivity contribution in [2.24, 2.45) is 0 Å². The molecule has 0 spiro atoms. The number of quaternary nitrogens is 1. The van der Waals surface area contributed by atoms with E-state index in [-0.39, 0.29) is 18.5 Å². The molecule has 1 unspecified atom stereocenters. The second-order valence-corrected chi connectivity index (χ2v) is 4.71. The lowest BCUT2D eigenvalue weighted by Gasteiger charge is -2.20. The van der Waals surface area contributed by atoms with Gasteiger partial charge in [-0.05, 0) is 30.5 Å². The molecule has 1 aliphatic carbocycles. The highest BCUT2D eigenvalue weighted by molar-refractivity contribution is 5.70. The Kier molecular flexibility index (Phi) is 4.99. The van der Waals surface area contributed by atoms with E-state index in [0.717, 1.165) is 12.8 Å². The molecule has 0 radical (unpaired) electrons. The average molecular weight is 271 g/mol. The molecule has 1 atom stereocenters. The zero-order valence-corrected chi connectivity index (χ0v) is 11.5. The van der Waals surface area contributed by atoms with Crippen molar-refractivity contribution in [1.82, 2.24) is 4.90 Å². The zero-order chi connectivity index (χ0) is 12.4. The largest absolute Gasteiger partial charge is 1.00 e. The van der Waals surface area contributed by atoms with Crippen molar-refractivity contribution >= 4 is 6.09 Å². The summed E-state index contributed by atoms with van der Waals surface area (Å²) in [6.07, 6.45) is 3.06. The van der Waals surface area contributed by atoms with Crippen LogP contribution in [0.2, 0.25) is 0 Å². The van der Waals surface area contributed by atoms with E-state index in [1.807, 2.05) is 18.2 Å². The number of rotatable bonds is 1. The normalized spacial score (nSPS) is 17.4. The maximum Gasteiger partial charge on any atom is 0.414 e. The molecule has 0 heterocycles. The number of halogens is 1. The maximum absolute atomic E-state index is 11.4. The van der Waals surface area contributed by atoms with Crippen LogP contribution in [0.5, 0.6) is 5.75 Å². The van der Waals surface area contributed by atoms with Crippen LogP contribution in [0.25, 0.3) is 0 Å². The average Bonchev–Trinajstić information content (AvgIpc) is 2.30. The van der Waals surface area contributed by atoms with Crippen molar-refractivity contribution in [3.05, 3.63) is 29.3 Å². The Morgan fingerprint density at radius 3 is 2.83 bits per heavy atom. The van der Waals surface area contributed by atoms with Gasteiger partial charge in [0.15, 0.2) is 0 Å². The lowest BCUT2D eigenvalue weighted by Crippen LogP contribution is -3.00. The molecule has 0 aliphatic heterocycles. The van der Waals surface area contributed by atoms with Gasteiger partial charge in [-0.2, -0.15) is 0 Å². The third-order valence-electron chi connectivity index (χ3n) is 3.13. The fraction of sp³-hybridized carbons (Fsp3) is 0.462. The van der Waals surface area contributed by atoms with Crippen molar-refractivity contribution < 1.29 is 27.7 Å². The molecule has 0 fully saturated rings. The van der Waals surface area contributed by atoms with Gasteiger partial charge in [0.25, 0.3) is 0 Å². The lowest BCUT2D eigenvalue weighted by atomic mass is 9.88. The van der Waals surface area contributed by atoms with Crippen molar-refractivity contribution in [1.29, 1.82) is 0 Å². The summed E-state index contributed by atoms with van der Waals surface area (Å²) in [7, 11) is 3.34. The van der Waals surface area contributed by atoms with Crippen LogP contribution in [-0.4, -0.2) is 25.1 Å². The molecule has 0 aromatic heterocycles. The molecule has 3 N–H and O–H groups in total. The van der Waals surface area contributed by atoms with Crippen LogP contribution in [0.4, 0.5) is 4.79 Å². The first kappa shape index (κ1) is 14.8. The number of amides is 1. The summed E-state index contributed by atoms with van der Waals surface area (Å²) < 4.78 is 5.25. The molecule has 1 amide bonds. The molecule has 0 bridgehead atoms. The molecule has 5 heteroatoms. The van der Waals surface area contributed by atoms with E-state index < -0.39 is 0 Å². The number of carbonyl (C=O) groups excluding carboxylic acids is 1. The highest BCUT2D eigenvalue weighted by Crippen LogP contribution is 2.29. The number of hydrogen-bond acceptors (Lipinski definition) is 2. The predicted octanol–water partition coefficient (Wildman–Crippen LogP) is -1.63. The molecule has 4 nitrogen and oxygen atoms in total. The number of benzene rings is 1. The molecule has 2 rings (SSSR count). The number of fused-ring (bicyclic) bond motifs is 1. The van der Waals surface area contributed by atoms with Gasteiger partial charge in [-0.1, -0.05) is 6.07 Å². The van der Waals surface area contributed by atoms with Crippen LogP contribution >= 0.6 is 0 Å². The first-order valence-corrected chi connectivity index (χ1v) is 5.93. The number of nitrogens with zero attached hydrogens (tertiary/aromatic N) is 1. The summed E-state index contributed by atoms with van der Waals surface area (Å²) in [5, 5.41) is 0. The molecular weight excluding hydrogens is 252 g/mol. The SMILES string of the molecule is CN(C)C(=O)Oc1ccc2c(c1)C([NH3+])CCC2.[Cl-]. The van der Waals surface area contributed by atoms with E-state index in [1.165, 1.54) is 22.4 Å². The molecule has 18 heavy (non-hydrogen) atoms. The van der Waals surface area contributed by atoms with Crippen LogP contribution in [0, 0.1) is 0 Å². The van der Waals surface area contributed by atoms with Crippen LogP contribution in [0.1, 0.15) is 30.0 Å². The van der Waals surface area contributed by atoms with Crippen LogP contribution < -0.4 is 22.9 Å². The first-order chi connectivity index (χ1) is 8.08. The van der Waals surface area contributed by atoms with E-state index in [1.54, 1.807) is 14.1 Å². The van der Waals surface area contributed by atoms with Gasteiger partial charge in [0, 0.05) is 26.1 Å². The monoisotopic (exact) mass is 270 g/mol. The van der Waals surface area contributed by atoms with Crippen molar-refractivity contribution in [3.63, 3.8) is 0 Å². The minimum absolute atomic E-state index is 0. The predicted molar refractivity (Wildman–Crippen MR) is 64.7 cm³/mol. The minimum atomic E-state index is -0.346. The molecule has 1 aromatic rings. The Morgan fingerprint density at radius 2 is 2.17 bits per heavy atom. The van der Waals surface area contributed by atoms with Crippen LogP contribution in [-0.2, 0) is 6.42 Å². The Bertz CT molecular complexity index is 435. The first-order valence-electron chi connectivity index (χ1n) is 5.93. The van der Waals surface area contributed by atoms with Crippen molar-refractivity contribution in [2.75, 3.05) is 14.1 Å². The summed E-state index contributed by atoms with van der Waals surface area (Å²) in [5.74, 6) is 0.609. The fourth-order valence-corrected chi connectivity index (χ4v) is 2.13. The third kappa shape index (κ3) is 3.15.